The lowest BCUT2D eigenvalue weighted by molar-refractivity contribution is 0.00280. The van der Waals surface area contributed by atoms with Crippen LogP contribution in [0.1, 0.15) is 65.7 Å². The summed E-state index contributed by atoms with van der Waals surface area (Å²) in [5.74, 6) is 2.58. The third-order valence-electron chi connectivity index (χ3n) is 5.52. The van der Waals surface area contributed by atoms with E-state index in [-0.39, 0.29) is 0 Å². The van der Waals surface area contributed by atoms with Crippen molar-refractivity contribution in [2.24, 2.45) is 17.8 Å². The van der Waals surface area contributed by atoms with Crippen LogP contribution in [0.2, 0.25) is 0 Å². The van der Waals surface area contributed by atoms with Gasteiger partial charge in [0.2, 0.25) is 0 Å². The molecular weight excluding hydrogens is 234 g/mol. The molecule has 0 aromatic carbocycles. The molecule has 2 rings (SSSR count). The molecule has 2 heteroatoms. The smallest absolute Gasteiger partial charge is 0.0594 e. The summed E-state index contributed by atoms with van der Waals surface area (Å²) in [6.07, 6.45) is 9.99. The van der Waals surface area contributed by atoms with Gasteiger partial charge < -0.3 is 10.1 Å². The molecule has 0 aliphatic heterocycles. The van der Waals surface area contributed by atoms with E-state index >= 15 is 0 Å². The Morgan fingerprint density at radius 2 is 1.68 bits per heavy atom. The summed E-state index contributed by atoms with van der Waals surface area (Å²) >= 11 is 0. The van der Waals surface area contributed by atoms with Gasteiger partial charge >= 0.3 is 0 Å². The summed E-state index contributed by atoms with van der Waals surface area (Å²) < 4.78 is 6.07. The molecule has 0 amide bonds. The molecule has 0 radical (unpaired) electrons. The second kappa shape index (κ2) is 7.64. The van der Waals surface area contributed by atoms with Gasteiger partial charge in [-0.25, -0.2) is 0 Å². The van der Waals surface area contributed by atoms with Crippen molar-refractivity contribution in [3.05, 3.63) is 0 Å². The van der Waals surface area contributed by atoms with E-state index in [0.29, 0.717) is 6.10 Å². The van der Waals surface area contributed by atoms with Crippen molar-refractivity contribution in [1.29, 1.82) is 0 Å². The van der Waals surface area contributed by atoms with Gasteiger partial charge in [0.25, 0.3) is 0 Å². The Kier molecular flexibility index (Phi) is 6.15. The molecule has 112 valence electrons. The van der Waals surface area contributed by atoms with Crippen LogP contribution < -0.4 is 5.32 Å². The summed E-state index contributed by atoms with van der Waals surface area (Å²) in [6.45, 7) is 9.08. The van der Waals surface area contributed by atoms with Gasteiger partial charge in [-0.2, -0.15) is 0 Å². The molecule has 2 fully saturated rings. The van der Waals surface area contributed by atoms with E-state index in [1.54, 1.807) is 0 Å². The first-order chi connectivity index (χ1) is 9.16. The summed E-state index contributed by atoms with van der Waals surface area (Å²) in [7, 11) is 0. The topological polar surface area (TPSA) is 21.3 Å². The average molecular weight is 267 g/mol. The van der Waals surface area contributed by atoms with Crippen LogP contribution in [-0.4, -0.2) is 25.3 Å². The molecule has 0 saturated heterocycles. The fourth-order valence-electron chi connectivity index (χ4n) is 3.74. The summed E-state index contributed by atoms with van der Waals surface area (Å²) in [5.41, 5.74) is 0. The summed E-state index contributed by atoms with van der Waals surface area (Å²) in [4.78, 5) is 0. The first-order valence-corrected chi connectivity index (χ1v) is 8.51. The average Bonchev–Trinajstić information content (AvgIpc) is 2.40. The van der Waals surface area contributed by atoms with Crippen molar-refractivity contribution in [3.8, 4) is 0 Å². The van der Waals surface area contributed by atoms with Gasteiger partial charge in [-0.05, 0) is 49.9 Å². The van der Waals surface area contributed by atoms with Gasteiger partial charge in [0.05, 0.1) is 12.7 Å². The Bertz CT molecular complexity index is 256. The molecule has 2 aliphatic carbocycles. The van der Waals surface area contributed by atoms with Crippen LogP contribution in [0.4, 0.5) is 0 Å². The van der Waals surface area contributed by atoms with Crippen molar-refractivity contribution in [2.75, 3.05) is 13.2 Å². The Morgan fingerprint density at radius 1 is 0.895 bits per heavy atom. The highest BCUT2D eigenvalue weighted by atomic mass is 16.5. The van der Waals surface area contributed by atoms with Crippen LogP contribution in [0, 0.1) is 17.8 Å². The highest BCUT2D eigenvalue weighted by Gasteiger charge is 2.25. The number of ether oxygens (including phenoxy) is 1. The molecule has 2 saturated carbocycles. The van der Waals surface area contributed by atoms with E-state index < -0.39 is 0 Å². The van der Waals surface area contributed by atoms with Crippen LogP contribution >= 0.6 is 0 Å². The summed E-state index contributed by atoms with van der Waals surface area (Å²) in [6, 6.07) is 0.739. The zero-order valence-electron chi connectivity index (χ0n) is 13.2. The van der Waals surface area contributed by atoms with E-state index in [2.05, 4.69) is 26.1 Å². The zero-order chi connectivity index (χ0) is 13.7. The predicted molar refractivity (Wildman–Crippen MR) is 81.3 cm³/mol. The second-order valence-electron chi connectivity index (χ2n) is 7.08. The number of hydrogen-bond acceptors (Lipinski definition) is 2. The molecule has 0 bridgehead atoms. The Hall–Kier alpha value is -0.0800. The molecule has 0 spiro atoms. The molecule has 5 unspecified atom stereocenters. The van der Waals surface area contributed by atoms with E-state index in [1.807, 2.05) is 0 Å². The van der Waals surface area contributed by atoms with Crippen LogP contribution in [0.5, 0.6) is 0 Å². The van der Waals surface area contributed by atoms with Crippen molar-refractivity contribution in [1.82, 2.24) is 5.32 Å². The number of rotatable bonds is 5. The fraction of sp³-hybridized carbons (Fsp3) is 1.00. The highest BCUT2D eigenvalue weighted by molar-refractivity contribution is 4.78. The Morgan fingerprint density at radius 3 is 2.42 bits per heavy atom. The lowest BCUT2D eigenvalue weighted by atomic mass is 9.80. The van der Waals surface area contributed by atoms with Crippen LogP contribution in [-0.2, 0) is 4.74 Å². The molecule has 2 aliphatic rings. The van der Waals surface area contributed by atoms with Crippen LogP contribution in [0.25, 0.3) is 0 Å². The predicted octanol–water partition coefficient (Wildman–Crippen LogP) is 4.00. The fourth-order valence-corrected chi connectivity index (χ4v) is 3.74. The van der Waals surface area contributed by atoms with Crippen LogP contribution in [0.3, 0.4) is 0 Å². The minimum atomic E-state index is 0.525. The van der Waals surface area contributed by atoms with Crippen molar-refractivity contribution in [3.63, 3.8) is 0 Å². The first kappa shape index (κ1) is 15.3. The molecule has 1 N–H and O–H groups in total. The molecule has 2 nitrogen and oxygen atoms in total. The quantitative estimate of drug-likeness (QED) is 0.760. The number of nitrogens with one attached hydrogen (secondary N) is 1. The normalized spacial score (nSPS) is 40.3. The van der Waals surface area contributed by atoms with Crippen molar-refractivity contribution >= 4 is 0 Å². The van der Waals surface area contributed by atoms with Gasteiger partial charge in [-0.15, -0.1) is 0 Å². The van der Waals surface area contributed by atoms with Crippen LogP contribution in [0.15, 0.2) is 0 Å². The third-order valence-corrected chi connectivity index (χ3v) is 5.52. The SMILES string of the molecule is CC1CCC(OCCNC2CCCCC2C)CC1C. The highest BCUT2D eigenvalue weighted by Crippen LogP contribution is 2.30. The molecule has 0 aromatic heterocycles. The molecule has 0 aromatic rings. The minimum Gasteiger partial charge on any atom is -0.377 e. The molecule has 5 atom stereocenters. The van der Waals surface area contributed by atoms with Gasteiger partial charge in [-0.3, -0.25) is 0 Å². The summed E-state index contributed by atoms with van der Waals surface area (Å²) in [5, 5.41) is 3.71. The van der Waals surface area contributed by atoms with E-state index in [9.17, 15) is 0 Å². The van der Waals surface area contributed by atoms with E-state index in [0.717, 1.165) is 36.9 Å². The van der Waals surface area contributed by atoms with E-state index in [1.165, 1.54) is 44.9 Å². The lowest BCUT2D eigenvalue weighted by Gasteiger charge is -2.33. The van der Waals surface area contributed by atoms with Gasteiger partial charge in [-0.1, -0.05) is 33.6 Å². The molecule has 19 heavy (non-hydrogen) atoms. The van der Waals surface area contributed by atoms with Gasteiger partial charge in [0.15, 0.2) is 0 Å². The second-order valence-corrected chi connectivity index (χ2v) is 7.08. The van der Waals surface area contributed by atoms with Gasteiger partial charge in [0.1, 0.15) is 0 Å². The lowest BCUT2D eigenvalue weighted by Crippen LogP contribution is -2.39. The van der Waals surface area contributed by atoms with Crippen molar-refractivity contribution in [2.45, 2.75) is 77.9 Å². The molecular formula is C17H33NO. The first-order valence-electron chi connectivity index (χ1n) is 8.51. The monoisotopic (exact) mass is 267 g/mol. The maximum atomic E-state index is 6.07. The largest absolute Gasteiger partial charge is 0.377 e. The molecule has 0 heterocycles. The minimum absolute atomic E-state index is 0.525. The Balaban J connectivity index is 1.56. The zero-order valence-corrected chi connectivity index (χ0v) is 13.2. The van der Waals surface area contributed by atoms with E-state index in [4.69, 9.17) is 4.74 Å². The number of hydrogen-bond donors (Lipinski definition) is 1. The van der Waals surface area contributed by atoms with Gasteiger partial charge in [0, 0.05) is 12.6 Å². The standard InChI is InChI=1S/C17H33NO/c1-13-8-9-16(12-15(13)3)19-11-10-18-17-7-5-4-6-14(17)2/h13-18H,4-12H2,1-3H3. The van der Waals surface area contributed by atoms with Crippen molar-refractivity contribution < 1.29 is 4.74 Å². The third kappa shape index (κ3) is 4.75. The maximum absolute atomic E-state index is 6.07. The maximum Gasteiger partial charge on any atom is 0.0594 e. The Labute approximate surface area is 119 Å².